The molecule has 8 aromatic carbocycles. The smallest absolute Gasteiger partial charge is 0.252 e. The molecule has 12 heteroatoms. The first kappa shape index (κ1) is 53.7. The van der Waals surface area contributed by atoms with Gasteiger partial charge < -0.3 is 49.3 Å². The summed E-state index contributed by atoms with van der Waals surface area (Å²) in [5.74, 6) is -0.683. The van der Waals surface area contributed by atoms with Crippen molar-refractivity contribution in [3.05, 3.63) is 239 Å². The Kier molecular flexibility index (Phi) is 18.1. The highest BCUT2D eigenvalue weighted by Crippen LogP contribution is 2.55. The average Bonchev–Trinajstić information content (AvgIpc) is 3.47. The lowest BCUT2D eigenvalue weighted by Crippen LogP contribution is -2.46. The molecule has 12 nitrogen and oxygen atoms in total. The molecule has 0 unspecified atom stereocenters. The largest absolute Gasteiger partial charge is 0.485 e. The van der Waals surface area contributed by atoms with Crippen molar-refractivity contribution >= 4 is 11.8 Å². The number of ether oxygens (including phenoxy) is 6. The Bertz CT molecular complexity index is 2920. The van der Waals surface area contributed by atoms with Gasteiger partial charge in [0.1, 0.15) is 39.6 Å². The molecule has 0 saturated heterocycles. The van der Waals surface area contributed by atoms with E-state index < -0.39 is 36.1 Å². The van der Waals surface area contributed by atoms with E-state index in [1.165, 1.54) is 0 Å². The number of benzene rings is 8. The normalized spacial score (nSPS) is 11.3. The highest BCUT2D eigenvalue weighted by Gasteiger charge is 2.37. The number of nitrogens with one attached hydrogen (secondary N) is 2. The highest BCUT2D eigenvalue weighted by atomic mass is 16.6. The van der Waals surface area contributed by atoms with Crippen LogP contribution >= 0.6 is 0 Å². The van der Waals surface area contributed by atoms with E-state index in [0.717, 1.165) is 33.4 Å². The summed E-state index contributed by atoms with van der Waals surface area (Å²) in [4.78, 5) is 31.0. The third-order valence-electron chi connectivity index (χ3n) is 12.2. The second-order valence-corrected chi connectivity index (χ2v) is 19.5. The van der Waals surface area contributed by atoms with Crippen molar-refractivity contribution in [1.29, 1.82) is 0 Å². The molecule has 0 aromatic heterocycles. The van der Waals surface area contributed by atoms with Crippen LogP contribution in [0.5, 0.6) is 34.5 Å². The number of aliphatic hydroxyl groups excluding tert-OH is 2. The number of rotatable bonds is 25. The van der Waals surface area contributed by atoms with Crippen LogP contribution in [-0.4, -0.2) is 46.3 Å². The molecule has 0 radical (unpaired) electrons. The zero-order valence-electron chi connectivity index (χ0n) is 43.3. The Hall–Kier alpha value is -8.58. The van der Waals surface area contributed by atoms with Crippen molar-refractivity contribution < 1.29 is 48.2 Å². The van der Waals surface area contributed by atoms with Gasteiger partial charge in [-0.3, -0.25) is 9.59 Å². The maximum atomic E-state index is 15.5. The van der Waals surface area contributed by atoms with Crippen LogP contribution in [0.2, 0.25) is 0 Å². The van der Waals surface area contributed by atoms with Crippen molar-refractivity contribution in [2.24, 2.45) is 0 Å². The minimum absolute atomic E-state index is 0.0216. The molecule has 0 heterocycles. The van der Waals surface area contributed by atoms with E-state index in [0.29, 0.717) is 0 Å². The first-order chi connectivity index (χ1) is 36.9. The van der Waals surface area contributed by atoms with Crippen LogP contribution in [0, 0.1) is 0 Å². The molecule has 0 spiro atoms. The molecule has 8 rings (SSSR count). The third-order valence-corrected chi connectivity index (χ3v) is 12.2. The lowest BCUT2D eigenvalue weighted by Gasteiger charge is -2.29. The van der Waals surface area contributed by atoms with Gasteiger partial charge in [-0.2, -0.15) is 0 Å². The summed E-state index contributed by atoms with van der Waals surface area (Å²) in [6, 6.07) is 60.5. The predicted octanol–water partition coefficient (Wildman–Crippen LogP) is 11.8. The molecule has 0 fully saturated rings. The Morgan fingerprint density at radius 2 is 0.579 bits per heavy atom. The third kappa shape index (κ3) is 14.4. The van der Waals surface area contributed by atoms with Crippen LogP contribution in [0.1, 0.15) is 81.8 Å². The SMILES string of the molecule is CC(C)(CO)NC(=O)c1cc(OCc2ccccc2)c(OCc2ccccc2)c(OCc2ccccc2)c1-c1c(C(=O)NC(C)(C)CO)cc(OCc2ccccc2)c(OCc2ccccc2)c1OCc1ccccc1. The fourth-order valence-corrected chi connectivity index (χ4v) is 8.07. The molecule has 4 N–H and O–H groups in total. The van der Waals surface area contributed by atoms with E-state index in [-0.39, 0.29) is 96.4 Å². The van der Waals surface area contributed by atoms with Gasteiger partial charge in [0.05, 0.1) is 35.4 Å². The van der Waals surface area contributed by atoms with Crippen molar-refractivity contribution in [1.82, 2.24) is 10.6 Å². The van der Waals surface area contributed by atoms with Gasteiger partial charge >= 0.3 is 0 Å². The van der Waals surface area contributed by atoms with Crippen LogP contribution in [-0.2, 0) is 39.6 Å². The van der Waals surface area contributed by atoms with E-state index in [4.69, 9.17) is 28.4 Å². The summed E-state index contributed by atoms with van der Waals surface area (Å²) in [6.45, 7) is 6.11. The van der Waals surface area contributed by atoms with E-state index in [2.05, 4.69) is 10.6 Å². The zero-order valence-corrected chi connectivity index (χ0v) is 43.3. The summed E-state index contributed by atoms with van der Waals surface area (Å²) in [6.07, 6.45) is 0. The quantitative estimate of drug-likeness (QED) is 0.0435. The van der Waals surface area contributed by atoms with Gasteiger partial charge in [0.25, 0.3) is 11.8 Å². The van der Waals surface area contributed by atoms with Crippen LogP contribution in [0.4, 0.5) is 0 Å². The summed E-state index contributed by atoms with van der Waals surface area (Å²) in [7, 11) is 0. The fraction of sp³-hybridized carbons (Fsp3) is 0.219. The fourth-order valence-electron chi connectivity index (χ4n) is 8.07. The van der Waals surface area contributed by atoms with Crippen LogP contribution < -0.4 is 39.1 Å². The molecule has 0 atom stereocenters. The standard InChI is InChI=1S/C64H64N2O10/c1-63(2,43-67)65-61(69)51-35-53(71-37-45-23-11-5-12-24-45)57(73-39-47-27-15-7-16-28-47)59(75-41-49-31-19-9-20-32-49)55(51)56-52(62(70)66-64(3,4)44-68)36-54(72-38-46-25-13-6-14-26-46)58(74-40-48-29-17-8-18-30-48)60(56)76-42-50-33-21-10-22-34-50/h5-36,67-68H,37-44H2,1-4H3,(H,65,69)(H,66,70). The van der Waals surface area contributed by atoms with Gasteiger partial charge in [-0.05, 0) is 73.2 Å². The summed E-state index contributed by atoms with van der Waals surface area (Å²) in [5.41, 5.74) is 2.71. The second-order valence-electron chi connectivity index (χ2n) is 19.5. The number of carbonyl (C=O) groups is 2. The summed E-state index contributed by atoms with van der Waals surface area (Å²) >= 11 is 0. The van der Waals surface area contributed by atoms with Gasteiger partial charge in [-0.25, -0.2) is 0 Å². The van der Waals surface area contributed by atoms with E-state index >= 15 is 9.59 Å². The maximum Gasteiger partial charge on any atom is 0.252 e. The van der Waals surface area contributed by atoms with E-state index in [9.17, 15) is 10.2 Å². The Labute approximate surface area is 444 Å². The van der Waals surface area contributed by atoms with E-state index in [1.807, 2.05) is 182 Å². The first-order valence-corrected chi connectivity index (χ1v) is 25.2. The number of hydrogen-bond acceptors (Lipinski definition) is 10. The number of amides is 2. The number of aliphatic hydroxyl groups is 2. The van der Waals surface area contributed by atoms with E-state index in [1.54, 1.807) is 39.8 Å². The molecule has 0 aliphatic carbocycles. The monoisotopic (exact) mass is 1020 g/mol. The molecular weight excluding hydrogens is 957 g/mol. The van der Waals surface area contributed by atoms with Crippen LogP contribution in [0.25, 0.3) is 11.1 Å². The Morgan fingerprint density at radius 3 is 0.816 bits per heavy atom. The molecule has 8 aromatic rings. The van der Waals surface area contributed by atoms with Gasteiger partial charge in [0.2, 0.25) is 11.5 Å². The molecule has 0 aliphatic heterocycles. The predicted molar refractivity (Wildman–Crippen MR) is 294 cm³/mol. The summed E-state index contributed by atoms with van der Waals surface area (Å²) < 4.78 is 41.4. The van der Waals surface area contributed by atoms with Crippen molar-refractivity contribution in [2.75, 3.05) is 13.2 Å². The molecule has 390 valence electrons. The molecule has 2 amide bonds. The number of hydrogen-bond donors (Lipinski definition) is 4. The molecular formula is C64H64N2O10. The van der Waals surface area contributed by atoms with Crippen molar-refractivity contribution in [3.8, 4) is 45.6 Å². The summed E-state index contributed by atoms with van der Waals surface area (Å²) in [5, 5.41) is 27.3. The number of carbonyl (C=O) groups excluding carboxylic acids is 2. The van der Waals surface area contributed by atoms with Gasteiger partial charge in [-0.1, -0.05) is 182 Å². The van der Waals surface area contributed by atoms with Gasteiger partial charge in [-0.15, -0.1) is 0 Å². The van der Waals surface area contributed by atoms with Gasteiger partial charge in [0, 0.05) is 11.1 Å². The van der Waals surface area contributed by atoms with Crippen LogP contribution in [0.15, 0.2) is 194 Å². The minimum Gasteiger partial charge on any atom is -0.485 e. The molecule has 0 saturated carbocycles. The highest BCUT2D eigenvalue weighted by molar-refractivity contribution is 6.11. The zero-order chi connectivity index (χ0) is 53.3. The molecule has 0 bridgehead atoms. The second kappa shape index (κ2) is 25.6. The van der Waals surface area contributed by atoms with Crippen molar-refractivity contribution in [2.45, 2.75) is 78.4 Å². The molecule has 0 aliphatic rings. The molecule has 76 heavy (non-hydrogen) atoms. The average molecular weight is 1020 g/mol. The van der Waals surface area contributed by atoms with Crippen molar-refractivity contribution in [3.63, 3.8) is 0 Å². The first-order valence-electron chi connectivity index (χ1n) is 25.2. The van der Waals surface area contributed by atoms with Crippen LogP contribution in [0.3, 0.4) is 0 Å². The Balaban J connectivity index is 1.51. The minimum atomic E-state index is -1.15. The Morgan fingerprint density at radius 1 is 0.355 bits per heavy atom. The lowest BCUT2D eigenvalue weighted by molar-refractivity contribution is 0.0859. The lowest BCUT2D eigenvalue weighted by atomic mass is 9.90. The topological polar surface area (TPSA) is 154 Å². The maximum absolute atomic E-state index is 15.5. The van der Waals surface area contributed by atoms with Gasteiger partial charge in [0.15, 0.2) is 23.0 Å².